The molecule has 4 aromatic rings. The third-order valence-corrected chi connectivity index (χ3v) is 6.74. The number of thiophene rings is 1. The first-order valence-corrected chi connectivity index (χ1v) is 11.5. The molecule has 0 spiro atoms. The van der Waals surface area contributed by atoms with Crippen LogP contribution in [0.5, 0.6) is 0 Å². The smallest absolute Gasteiger partial charge is 0.341 e. The molecule has 1 aliphatic rings. The Balaban J connectivity index is 1.42. The van der Waals surface area contributed by atoms with Crippen LogP contribution in [0.4, 0.5) is 5.00 Å². The maximum absolute atomic E-state index is 12.8. The maximum atomic E-state index is 12.8. The zero-order chi connectivity index (χ0) is 22.1. The molecule has 7 heteroatoms. The summed E-state index contributed by atoms with van der Waals surface area (Å²) in [4.78, 5) is 29.9. The van der Waals surface area contributed by atoms with Gasteiger partial charge in [0.05, 0.1) is 19.2 Å². The van der Waals surface area contributed by atoms with Crippen LogP contribution in [0.3, 0.4) is 0 Å². The number of ether oxygens (including phenoxy) is 1. The molecule has 1 amide bonds. The SMILES string of the molecule is COC(=O)c1c(-c2ccc3c(c2)CCCC3)csc1NC(=O)Cc1cn2ccccc2n1. The van der Waals surface area contributed by atoms with Crippen LogP contribution in [0.15, 0.2) is 54.2 Å². The summed E-state index contributed by atoms with van der Waals surface area (Å²) in [5, 5.41) is 5.31. The van der Waals surface area contributed by atoms with E-state index in [4.69, 9.17) is 4.74 Å². The van der Waals surface area contributed by atoms with Crippen molar-refractivity contribution in [2.75, 3.05) is 12.4 Å². The number of fused-ring (bicyclic) bond motifs is 2. The minimum atomic E-state index is -0.456. The first kappa shape index (κ1) is 20.5. The Morgan fingerprint density at radius 3 is 2.81 bits per heavy atom. The molecule has 162 valence electrons. The number of rotatable bonds is 5. The number of esters is 1. The number of anilines is 1. The molecule has 0 saturated heterocycles. The van der Waals surface area contributed by atoms with E-state index in [9.17, 15) is 9.59 Å². The first-order valence-electron chi connectivity index (χ1n) is 10.7. The summed E-state index contributed by atoms with van der Waals surface area (Å²) in [5.74, 6) is -0.681. The molecule has 32 heavy (non-hydrogen) atoms. The van der Waals surface area contributed by atoms with Crippen molar-refractivity contribution in [1.29, 1.82) is 0 Å². The lowest BCUT2D eigenvalue weighted by Crippen LogP contribution is -2.16. The van der Waals surface area contributed by atoms with E-state index in [0.29, 0.717) is 16.3 Å². The normalized spacial score (nSPS) is 13.0. The fraction of sp³-hybridized carbons (Fsp3) is 0.240. The predicted molar refractivity (Wildman–Crippen MR) is 125 cm³/mol. The molecule has 0 saturated carbocycles. The zero-order valence-electron chi connectivity index (χ0n) is 17.8. The molecule has 0 unspecified atom stereocenters. The Morgan fingerprint density at radius 1 is 1.16 bits per heavy atom. The van der Waals surface area contributed by atoms with Crippen LogP contribution in [0.2, 0.25) is 0 Å². The van der Waals surface area contributed by atoms with E-state index >= 15 is 0 Å². The van der Waals surface area contributed by atoms with E-state index in [0.717, 1.165) is 29.6 Å². The summed E-state index contributed by atoms with van der Waals surface area (Å²) in [6.07, 6.45) is 8.42. The summed E-state index contributed by atoms with van der Waals surface area (Å²) < 4.78 is 6.93. The van der Waals surface area contributed by atoms with Crippen LogP contribution in [0, 0.1) is 0 Å². The largest absolute Gasteiger partial charge is 0.465 e. The van der Waals surface area contributed by atoms with Crippen molar-refractivity contribution in [3.63, 3.8) is 0 Å². The molecule has 5 rings (SSSR count). The molecular weight excluding hydrogens is 422 g/mol. The third-order valence-electron chi connectivity index (χ3n) is 5.85. The lowest BCUT2D eigenvalue weighted by atomic mass is 9.89. The van der Waals surface area contributed by atoms with Gasteiger partial charge < -0.3 is 14.5 Å². The van der Waals surface area contributed by atoms with Crippen LogP contribution in [-0.2, 0) is 28.8 Å². The molecule has 0 radical (unpaired) electrons. The van der Waals surface area contributed by atoms with E-state index in [-0.39, 0.29) is 12.3 Å². The van der Waals surface area contributed by atoms with E-state index in [1.165, 1.54) is 42.4 Å². The second-order valence-electron chi connectivity index (χ2n) is 7.96. The number of methoxy groups -OCH3 is 1. The van der Waals surface area contributed by atoms with Gasteiger partial charge in [0.2, 0.25) is 5.91 Å². The lowest BCUT2D eigenvalue weighted by Gasteiger charge is -2.16. The summed E-state index contributed by atoms with van der Waals surface area (Å²) in [5.41, 5.74) is 6.35. The fourth-order valence-corrected chi connectivity index (χ4v) is 5.25. The Hall–Kier alpha value is -3.45. The number of aromatic nitrogens is 2. The number of aryl methyl sites for hydroxylation is 2. The highest BCUT2D eigenvalue weighted by molar-refractivity contribution is 7.15. The topological polar surface area (TPSA) is 72.7 Å². The summed E-state index contributed by atoms with van der Waals surface area (Å²) in [7, 11) is 1.36. The molecule has 1 N–H and O–H groups in total. The van der Waals surface area contributed by atoms with Gasteiger partial charge in [-0.05, 0) is 54.5 Å². The second-order valence-corrected chi connectivity index (χ2v) is 8.84. The number of imidazole rings is 1. The number of carbonyl (C=O) groups excluding carboxylic acids is 2. The molecule has 0 bridgehead atoms. The van der Waals surface area contributed by atoms with E-state index < -0.39 is 5.97 Å². The highest BCUT2D eigenvalue weighted by Gasteiger charge is 2.23. The number of nitrogens with zero attached hydrogens (tertiary/aromatic N) is 2. The number of carbonyl (C=O) groups is 2. The Kier molecular flexibility index (Phi) is 5.49. The van der Waals surface area contributed by atoms with Crippen LogP contribution in [0.25, 0.3) is 16.8 Å². The van der Waals surface area contributed by atoms with Gasteiger partial charge >= 0.3 is 5.97 Å². The average Bonchev–Trinajstić information content (AvgIpc) is 3.41. The predicted octanol–water partition coefficient (Wildman–Crippen LogP) is 4.91. The number of benzene rings is 1. The molecular formula is C25H23N3O3S. The van der Waals surface area contributed by atoms with Crippen molar-refractivity contribution < 1.29 is 14.3 Å². The second kappa shape index (κ2) is 8.59. The minimum absolute atomic E-state index is 0.119. The number of hydrogen-bond acceptors (Lipinski definition) is 5. The maximum Gasteiger partial charge on any atom is 0.341 e. The zero-order valence-corrected chi connectivity index (χ0v) is 18.6. The van der Waals surface area contributed by atoms with Crippen LogP contribution >= 0.6 is 11.3 Å². The van der Waals surface area contributed by atoms with E-state index in [2.05, 4.69) is 28.5 Å². The van der Waals surface area contributed by atoms with E-state index in [1.807, 2.05) is 40.4 Å². The van der Waals surface area contributed by atoms with Gasteiger partial charge in [0.1, 0.15) is 16.2 Å². The van der Waals surface area contributed by atoms with Crippen molar-refractivity contribution in [3.8, 4) is 11.1 Å². The molecule has 3 aromatic heterocycles. The number of pyridine rings is 1. The Bertz CT molecular complexity index is 1290. The van der Waals surface area contributed by atoms with Crippen molar-refractivity contribution in [3.05, 3.63) is 76.6 Å². The standard InChI is InChI=1S/C25H23N3O3S/c1-31-25(30)23-20(18-10-9-16-6-2-3-7-17(16)12-18)15-32-24(23)27-22(29)13-19-14-28-11-5-4-8-21(28)26-19/h4-5,8-12,14-15H,2-3,6-7,13H2,1H3,(H,27,29). The van der Waals surface area contributed by atoms with Gasteiger partial charge in [0.15, 0.2) is 0 Å². The lowest BCUT2D eigenvalue weighted by molar-refractivity contribution is -0.115. The molecule has 3 heterocycles. The molecule has 1 aromatic carbocycles. The van der Waals surface area contributed by atoms with Gasteiger partial charge in [-0.15, -0.1) is 11.3 Å². The average molecular weight is 446 g/mol. The minimum Gasteiger partial charge on any atom is -0.465 e. The number of nitrogens with one attached hydrogen (secondary N) is 1. The van der Waals surface area contributed by atoms with Crippen LogP contribution in [0.1, 0.15) is 40.0 Å². The van der Waals surface area contributed by atoms with Gasteiger partial charge in [-0.1, -0.05) is 24.3 Å². The third kappa shape index (κ3) is 3.91. The monoisotopic (exact) mass is 445 g/mol. The van der Waals surface area contributed by atoms with Crippen LogP contribution in [-0.4, -0.2) is 28.4 Å². The number of hydrogen-bond donors (Lipinski definition) is 1. The molecule has 0 fully saturated rings. The van der Waals surface area contributed by atoms with E-state index in [1.54, 1.807) is 0 Å². The fourth-order valence-electron chi connectivity index (χ4n) is 4.28. The molecule has 6 nitrogen and oxygen atoms in total. The molecule has 1 aliphatic carbocycles. The van der Waals surface area contributed by atoms with Crippen molar-refractivity contribution in [2.45, 2.75) is 32.1 Å². The molecule has 0 atom stereocenters. The van der Waals surface area contributed by atoms with Crippen molar-refractivity contribution in [1.82, 2.24) is 9.38 Å². The molecule has 0 aliphatic heterocycles. The van der Waals surface area contributed by atoms with Gasteiger partial charge in [-0.2, -0.15) is 0 Å². The van der Waals surface area contributed by atoms with Gasteiger partial charge in [-0.3, -0.25) is 4.79 Å². The Labute approximate surface area is 189 Å². The first-order chi connectivity index (χ1) is 15.6. The van der Waals surface area contributed by atoms with Crippen molar-refractivity contribution in [2.24, 2.45) is 0 Å². The Morgan fingerprint density at radius 2 is 2.00 bits per heavy atom. The highest BCUT2D eigenvalue weighted by Crippen LogP contribution is 2.37. The summed E-state index contributed by atoms with van der Waals surface area (Å²) >= 11 is 1.34. The van der Waals surface area contributed by atoms with Crippen LogP contribution < -0.4 is 5.32 Å². The quantitative estimate of drug-likeness (QED) is 0.443. The number of amides is 1. The highest BCUT2D eigenvalue weighted by atomic mass is 32.1. The van der Waals surface area contributed by atoms with Gasteiger partial charge in [0.25, 0.3) is 0 Å². The van der Waals surface area contributed by atoms with Gasteiger partial charge in [-0.25, -0.2) is 9.78 Å². The van der Waals surface area contributed by atoms with Gasteiger partial charge in [0, 0.05) is 23.3 Å². The summed E-state index contributed by atoms with van der Waals surface area (Å²) in [6, 6.07) is 12.1. The van der Waals surface area contributed by atoms with Crippen molar-refractivity contribution >= 4 is 33.9 Å². The summed E-state index contributed by atoms with van der Waals surface area (Å²) in [6.45, 7) is 0.